The molecule has 13 heavy (non-hydrogen) atoms. The summed E-state index contributed by atoms with van der Waals surface area (Å²) in [4.78, 5) is 7.78. The molecule has 0 aliphatic carbocycles. The molecule has 0 fully saturated rings. The number of imidazole rings is 1. The van der Waals surface area contributed by atoms with E-state index in [1.54, 1.807) is 0 Å². The topological polar surface area (TPSA) is 28.7 Å². The van der Waals surface area contributed by atoms with Crippen LogP contribution in [0, 0.1) is 6.92 Å². The van der Waals surface area contributed by atoms with Gasteiger partial charge in [0.2, 0.25) is 0 Å². The van der Waals surface area contributed by atoms with E-state index in [-0.39, 0.29) is 0 Å². The number of rotatable bonds is 1. The fourth-order valence-corrected chi connectivity index (χ4v) is 2.04. The Labute approximate surface area is 85.5 Å². The molecule has 1 aromatic heterocycles. The molecule has 0 amide bonds. The van der Waals surface area contributed by atoms with E-state index < -0.39 is 0 Å². The number of benzene rings is 1. The molecule has 2 nitrogen and oxygen atoms in total. The summed E-state index contributed by atoms with van der Waals surface area (Å²) >= 11 is 3.47. The number of nitrogens with one attached hydrogen (secondary N) is 1. The highest BCUT2D eigenvalue weighted by Gasteiger charge is 2.04. The lowest BCUT2D eigenvalue weighted by molar-refractivity contribution is 1.000. The van der Waals surface area contributed by atoms with Gasteiger partial charge < -0.3 is 4.98 Å². The van der Waals surface area contributed by atoms with Gasteiger partial charge in [0, 0.05) is 10.9 Å². The van der Waals surface area contributed by atoms with Gasteiger partial charge >= 0.3 is 0 Å². The second-order valence-electron chi connectivity index (χ2n) is 3.16. The van der Waals surface area contributed by atoms with Crippen LogP contribution in [0.5, 0.6) is 0 Å². The van der Waals surface area contributed by atoms with E-state index in [0.717, 1.165) is 27.8 Å². The van der Waals surface area contributed by atoms with Crippen LogP contribution >= 0.6 is 15.9 Å². The first kappa shape index (κ1) is 8.75. The number of aromatic amines is 1. The van der Waals surface area contributed by atoms with Crippen LogP contribution in [-0.4, -0.2) is 9.97 Å². The quantitative estimate of drug-likeness (QED) is 0.813. The van der Waals surface area contributed by atoms with Crippen LogP contribution in [0.1, 0.15) is 18.3 Å². The lowest BCUT2D eigenvalue weighted by Crippen LogP contribution is -1.80. The summed E-state index contributed by atoms with van der Waals surface area (Å²) in [7, 11) is 0. The third-order valence-corrected chi connectivity index (χ3v) is 2.58. The Hall–Kier alpha value is -0.830. The van der Waals surface area contributed by atoms with Crippen LogP contribution in [0.15, 0.2) is 16.6 Å². The van der Waals surface area contributed by atoms with E-state index in [0.29, 0.717) is 0 Å². The van der Waals surface area contributed by atoms with E-state index >= 15 is 0 Å². The predicted molar refractivity (Wildman–Crippen MR) is 57.9 cm³/mol. The number of nitrogens with zero attached hydrogens (tertiary/aromatic N) is 1. The number of H-pyrrole nitrogens is 1. The minimum Gasteiger partial charge on any atom is -0.342 e. The second kappa shape index (κ2) is 3.14. The molecule has 0 spiro atoms. The normalized spacial score (nSPS) is 11.0. The third-order valence-electron chi connectivity index (χ3n) is 2.13. The fourth-order valence-electron chi connectivity index (χ4n) is 1.47. The smallest absolute Gasteiger partial charge is 0.106 e. The molecule has 0 aliphatic heterocycles. The van der Waals surface area contributed by atoms with Gasteiger partial charge in [0.1, 0.15) is 5.82 Å². The molecule has 0 radical (unpaired) electrons. The Morgan fingerprint density at radius 3 is 2.92 bits per heavy atom. The summed E-state index contributed by atoms with van der Waals surface area (Å²) in [6.07, 6.45) is 0.950. The van der Waals surface area contributed by atoms with Crippen molar-refractivity contribution in [3.63, 3.8) is 0 Å². The van der Waals surface area contributed by atoms with Gasteiger partial charge in [-0.2, -0.15) is 0 Å². The summed E-state index contributed by atoms with van der Waals surface area (Å²) in [5.41, 5.74) is 3.41. The van der Waals surface area contributed by atoms with Crippen molar-refractivity contribution >= 4 is 27.0 Å². The van der Waals surface area contributed by atoms with Crippen LogP contribution in [0.3, 0.4) is 0 Å². The molecule has 2 rings (SSSR count). The molecular weight excluding hydrogens is 228 g/mol. The van der Waals surface area contributed by atoms with Gasteiger partial charge in [0.05, 0.1) is 11.0 Å². The number of hydrogen-bond acceptors (Lipinski definition) is 1. The fraction of sp³-hybridized carbons (Fsp3) is 0.300. The lowest BCUT2D eigenvalue weighted by Gasteiger charge is -1.94. The highest BCUT2D eigenvalue weighted by Crippen LogP contribution is 2.21. The van der Waals surface area contributed by atoms with Crippen LogP contribution < -0.4 is 0 Å². The van der Waals surface area contributed by atoms with E-state index in [2.05, 4.69) is 51.9 Å². The Morgan fingerprint density at radius 1 is 1.46 bits per heavy atom. The van der Waals surface area contributed by atoms with Crippen LogP contribution in [0.4, 0.5) is 0 Å². The van der Waals surface area contributed by atoms with Crippen molar-refractivity contribution in [2.45, 2.75) is 20.3 Å². The Kier molecular flexibility index (Phi) is 2.12. The summed E-state index contributed by atoms with van der Waals surface area (Å²) in [5.74, 6) is 1.05. The zero-order valence-corrected chi connectivity index (χ0v) is 9.27. The number of aryl methyl sites for hydroxylation is 2. The maximum atomic E-state index is 4.50. The number of aromatic nitrogens is 2. The predicted octanol–water partition coefficient (Wildman–Crippen LogP) is 3.20. The molecule has 0 unspecified atom stereocenters. The molecule has 0 saturated heterocycles. The molecule has 3 heteroatoms. The Morgan fingerprint density at radius 2 is 2.23 bits per heavy atom. The minimum absolute atomic E-state index is 0.950. The van der Waals surface area contributed by atoms with Crippen molar-refractivity contribution in [2.75, 3.05) is 0 Å². The maximum absolute atomic E-state index is 4.50. The zero-order chi connectivity index (χ0) is 9.42. The molecule has 1 N–H and O–H groups in total. The molecule has 0 aliphatic rings. The zero-order valence-electron chi connectivity index (χ0n) is 7.69. The SMILES string of the molecule is CCc1nc2c(C)cc(Br)cc2[nH]1. The highest BCUT2D eigenvalue weighted by molar-refractivity contribution is 9.10. The van der Waals surface area contributed by atoms with Crippen molar-refractivity contribution in [3.8, 4) is 0 Å². The first-order valence-electron chi connectivity index (χ1n) is 4.35. The Bertz CT molecular complexity index is 445. The van der Waals surface area contributed by atoms with Crippen LogP contribution in [-0.2, 0) is 6.42 Å². The number of fused-ring (bicyclic) bond motifs is 1. The summed E-state index contributed by atoms with van der Waals surface area (Å²) in [6, 6.07) is 4.15. The van der Waals surface area contributed by atoms with Gasteiger partial charge in [-0.3, -0.25) is 0 Å². The molecule has 1 heterocycles. The largest absolute Gasteiger partial charge is 0.342 e. The first-order chi connectivity index (χ1) is 6.20. The second-order valence-corrected chi connectivity index (χ2v) is 4.07. The first-order valence-corrected chi connectivity index (χ1v) is 5.14. The maximum Gasteiger partial charge on any atom is 0.106 e. The van der Waals surface area contributed by atoms with Crippen LogP contribution in [0.2, 0.25) is 0 Å². The monoisotopic (exact) mass is 238 g/mol. The van der Waals surface area contributed by atoms with Crippen molar-refractivity contribution in [2.24, 2.45) is 0 Å². The van der Waals surface area contributed by atoms with Gasteiger partial charge in [0.25, 0.3) is 0 Å². The number of hydrogen-bond donors (Lipinski definition) is 1. The summed E-state index contributed by atoms with van der Waals surface area (Å²) < 4.78 is 1.10. The van der Waals surface area contributed by atoms with E-state index in [1.165, 1.54) is 5.56 Å². The van der Waals surface area contributed by atoms with E-state index in [1.807, 2.05) is 0 Å². The van der Waals surface area contributed by atoms with Crippen molar-refractivity contribution in [1.29, 1.82) is 0 Å². The standard InChI is InChI=1S/C10H11BrN2/c1-3-9-12-8-5-7(11)4-6(2)10(8)13-9/h4-5H,3H2,1-2H3,(H,12,13). The van der Waals surface area contributed by atoms with Gasteiger partial charge in [-0.05, 0) is 24.6 Å². The number of halogens is 1. The van der Waals surface area contributed by atoms with E-state index in [9.17, 15) is 0 Å². The van der Waals surface area contributed by atoms with Gasteiger partial charge in [-0.25, -0.2) is 4.98 Å². The van der Waals surface area contributed by atoms with Gasteiger partial charge in [0.15, 0.2) is 0 Å². The average Bonchev–Trinajstić information content (AvgIpc) is 2.47. The third kappa shape index (κ3) is 1.48. The van der Waals surface area contributed by atoms with Crippen molar-refractivity contribution < 1.29 is 0 Å². The molecule has 2 aromatic rings. The lowest BCUT2D eigenvalue weighted by atomic mass is 10.2. The minimum atomic E-state index is 0.950. The average molecular weight is 239 g/mol. The molecule has 0 bridgehead atoms. The molecule has 68 valence electrons. The van der Waals surface area contributed by atoms with Gasteiger partial charge in [-0.1, -0.05) is 22.9 Å². The van der Waals surface area contributed by atoms with Crippen LogP contribution in [0.25, 0.3) is 11.0 Å². The van der Waals surface area contributed by atoms with E-state index in [4.69, 9.17) is 0 Å². The molecule has 0 saturated carbocycles. The molecule has 1 aromatic carbocycles. The Balaban J connectivity index is 2.75. The molecule has 0 atom stereocenters. The summed E-state index contributed by atoms with van der Waals surface area (Å²) in [5, 5.41) is 0. The highest BCUT2D eigenvalue weighted by atomic mass is 79.9. The molecular formula is C10H11BrN2. The van der Waals surface area contributed by atoms with Gasteiger partial charge in [-0.15, -0.1) is 0 Å². The summed E-state index contributed by atoms with van der Waals surface area (Å²) in [6.45, 7) is 4.18. The van der Waals surface area contributed by atoms with Crippen molar-refractivity contribution in [3.05, 3.63) is 28.0 Å². The van der Waals surface area contributed by atoms with Crippen molar-refractivity contribution in [1.82, 2.24) is 9.97 Å².